The molecule has 0 saturated carbocycles. The molecule has 4 heteroatoms. The monoisotopic (exact) mass is 270 g/mol. The van der Waals surface area contributed by atoms with Crippen molar-refractivity contribution in [2.75, 3.05) is 5.32 Å². The second kappa shape index (κ2) is 6.19. The Morgan fingerprint density at radius 2 is 1.85 bits per heavy atom. The number of benzene rings is 2. The van der Waals surface area contributed by atoms with Crippen LogP contribution in [-0.4, -0.2) is 4.92 Å². The van der Waals surface area contributed by atoms with E-state index in [1.165, 1.54) is 11.1 Å². The first-order valence-corrected chi connectivity index (χ1v) is 6.67. The van der Waals surface area contributed by atoms with Gasteiger partial charge in [-0.3, -0.25) is 10.1 Å². The number of aryl methyl sites for hydroxylation is 2. The second-order valence-corrected chi connectivity index (χ2v) is 4.75. The average molecular weight is 270 g/mol. The zero-order chi connectivity index (χ0) is 14.5. The normalized spacial score (nSPS) is 10.3. The van der Waals surface area contributed by atoms with Crippen molar-refractivity contribution < 1.29 is 4.92 Å². The summed E-state index contributed by atoms with van der Waals surface area (Å²) < 4.78 is 0. The minimum absolute atomic E-state index is 0.115. The maximum absolute atomic E-state index is 11.0. The molecule has 0 aliphatic heterocycles. The van der Waals surface area contributed by atoms with Crippen molar-refractivity contribution in [2.45, 2.75) is 26.8 Å². The van der Waals surface area contributed by atoms with E-state index in [1.54, 1.807) is 12.1 Å². The largest absolute Gasteiger partial charge is 0.375 e. The number of rotatable bonds is 5. The molecule has 0 aliphatic carbocycles. The van der Waals surface area contributed by atoms with E-state index in [1.807, 2.05) is 31.2 Å². The number of nitrogens with one attached hydrogen (secondary N) is 1. The zero-order valence-corrected chi connectivity index (χ0v) is 11.7. The molecule has 20 heavy (non-hydrogen) atoms. The van der Waals surface area contributed by atoms with Gasteiger partial charge in [0.15, 0.2) is 0 Å². The maximum atomic E-state index is 11.0. The lowest BCUT2D eigenvalue weighted by molar-refractivity contribution is -0.384. The Kier molecular flexibility index (Phi) is 4.35. The molecule has 1 N–H and O–H groups in total. The Hall–Kier alpha value is -2.36. The highest BCUT2D eigenvalue weighted by molar-refractivity contribution is 5.62. The molecule has 104 valence electrons. The van der Waals surface area contributed by atoms with Crippen LogP contribution in [-0.2, 0) is 13.0 Å². The minimum Gasteiger partial charge on any atom is -0.375 e. The summed E-state index contributed by atoms with van der Waals surface area (Å²) in [5.74, 6) is 0. The predicted octanol–water partition coefficient (Wildman–Crippen LogP) is 4.08. The molecule has 2 aromatic carbocycles. The van der Waals surface area contributed by atoms with Gasteiger partial charge in [-0.1, -0.05) is 37.3 Å². The summed E-state index contributed by atoms with van der Waals surface area (Å²) in [6, 6.07) is 13.2. The van der Waals surface area contributed by atoms with Gasteiger partial charge in [-0.05, 0) is 36.1 Å². The highest BCUT2D eigenvalue weighted by Crippen LogP contribution is 2.26. The third-order valence-corrected chi connectivity index (χ3v) is 3.32. The van der Waals surface area contributed by atoms with Gasteiger partial charge < -0.3 is 5.32 Å². The quantitative estimate of drug-likeness (QED) is 0.658. The first-order valence-electron chi connectivity index (χ1n) is 6.67. The predicted molar refractivity (Wildman–Crippen MR) is 81.0 cm³/mol. The number of hydrogen-bond donors (Lipinski definition) is 1. The third-order valence-electron chi connectivity index (χ3n) is 3.32. The minimum atomic E-state index is -0.354. The number of nitrogens with zero attached hydrogens (tertiary/aromatic N) is 1. The topological polar surface area (TPSA) is 55.2 Å². The van der Waals surface area contributed by atoms with Gasteiger partial charge in [0.25, 0.3) is 5.69 Å². The Morgan fingerprint density at radius 3 is 2.50 bits per heavy atom. The fraction of sp³-hybridized carbons (Fsp3) is 0.250. The van der Waals surface area contributed by atoms with Crippen molar-refractivity contribution in [3.8, 4) is 0 Å². The zero-order valence-electron chi connectivity index (χ0n) is 11.7. The van der Waals surface area contributed by atoms with E-state index in [4.69, 9.17) is 0 Å². The van der Waals surface area contributed by atoms with E-state index >= 15 is 0 Å². The molecule has 0 saturated heterocycles. The number of hydrogen-bond acceptors (Lipinski definition) is 3. The Balaban J connectivity index is 2.22. The molecule has 0 radical (unpaired) electrons. The van der Waals surface area contributed by atoms with Gasteiger partial charge >= 0.3 is 0 Å². The Labute approximate surface area is 118 Å². The molecule has 0 unspecified atom stereocenters. The first kappa shape index (κ1) is 14.1. The van der Waals surface area contributed by atoms with Crippen LogP contribution in [0.5, 0.6) is 0 Å². The van der Waals surface area contributed by atoms with Gasteiger partial charge in [-0.2, -0.15) is 0 Å². The summed E-state index contributed by atoms with van der Waals surface area (Å²) in [7, 11) is 0. The molecule has 0 heterocycles. The van der Waals surface area contributed by atoms with E-state index < -0.39 is 0 Å². The molecule has 4 nitrogen and oxygen atoms in total. The van der Waals surface area contributed by atoms with E-state index in [2.05, 4.69) is 18.3 Å². The maximum Gasteiger partial charge on any atom is 0.292 e. The molecular formula is C16H18N2O2. The Bertz CT molecular complexity index is 624. The van der Waals surface area contributed by atoms with E-state index in [9.17, 15) is 10.1 Å². The standard InChI is InChI=1S/C16H18N2O2/c1-3-13-6-4-5-7-14(13)11-17-15-10-12(2)8-9-16(15)18(19)20/h4-10,17H,3,11H2,1-2H3. The SMILES string of the molecule is CCc1ccccc1CNc1cc(C)ccc1[N+](=O)[O-]. The average Bonchev–Trinajstić information content (AvgIpc) is 2.45. The molecule has 0 atom stereocenters. The summed E-state index contributed by atoms with van der Waals surface area (Å²) in [5.41, 5.74) is 4.12. The summed E-state index contributed by atoms with van der Waals surface area (Å²) in [4.78, 5) is 10.7. The molecule has 2 rings (SSSR count). The summed E-state index contributed by atoms with van der Waals surface area (Å²) in [6.45, 7) is 4.62. The lowest BCUT2D eigenvalue weighted by Crippen LogP contribution is -2.05. The third kappa shape index (κ3) is 3.15. The van der Waals surface area contributed by atoms with Crippen molar-refractivity contribution >= 4 is 11.4 Å². The van der Waals surface area contributed by atoms with Gasteiger partial charge in [-0.25, -0.2) is 0 Å². The highest BCUT2D eigenvalue weighted by Gasteiger charge is 2.13. The van der Waals surface area contributed by atoms with Crippen molar-refractivity contribution in [1.82, 2.24) is 0 Å². The van der Waals surface area contributed by atoms with E-state index in [-0.39, 0.29) is 10.6 Å². The molecule has 0 aromatic heterocycles. The van der Waals surface area contributed by atoms with Crippen LogP contribution in [0, 0.1) is 17.0 Å². The summed E-state index contributed by atoms with van der Waals surface area (Å²) >= 11 is 0. The lowest BCUT2D eigenvalue weighted by Gasteiger charge is -2.11. The van der Waals surface area contributed by atoms with Crippen molar-refractivity contribution in [2.24, 2.45) is 0 Å². The van der Waals surface area contributed by atoms with Crippen molar-refractivity contribution in [3.63, 3.8) is 0 Å². The van der Waals surface area contributed by atoms with Gasteiger partial charge in [0.1, 0.15) is 5.69 Å². The number of anilines is 1. The molecular weight excluding hydrogens is 252 g/mol. The van der Waals surface area contributed by atoms with Gasteiger partial charge in [0.05, 0.1) is 4.92 Å². The van der Waals surface area contributed by atoms with Crippen LogP contribution in [0.25, 0.3) is 0 Å². The number of nitro groups is 1. The summed E-state index contributed by atoms with van der Waals surface area (Å²) in [6.07, 6.45) is 0.952. The van der Waals surface area contributed by atoms with Crippen LogP contribution < -0.4 is 5.32 Å². The van der Waals surface area contributed by atoms with E-state index in [0.29, 0.717) is 12.2 Å². The molecule has 0 amide bonds. The molecule has 0 bridgehead atoms. The molecule has 0 aliphatic rings. The first-order chi connectivity index (χ1) is 9.61. The molecule has 0 spiro atoms. The molecule has 2 aromatic rings. The fourth-order valence-electron chi connectivity index (χ4n) is 2.22. The number of nitro benzene ring substituents is 1. The van der Waals surface area contributed by atoms with Crippen LogP contribution in [0.2, 0.25) is 0 Å². The van der Waals surface area contributed by atoms with Crippen molar-refractivity contribution in [3.05, 3.63) is 69.3 Å². The van der Waals surface area contributed by atoms with Gasteiger partial charge in [0, 0.05) is 12.6 Å². The Morgan fingerprint density at radius 1 is 1.15 bits per heavy atom. The van der Waals surface area contributed by atoms with Crippen LogP contribution >= 0.6 is 0 Å². The fourth-order valence-corrected chi connectivity index (χ4v) is 2.22. The smallest absolute Gasteiger partial charge is 0.292 e. The van der Waals surface area contributed by atoms with Crippen LogP contribution in [0.15, 0.2) is 42.5 Å². The van der Waals surface area contributed by atoms with Gasteiger partial charge in [0.2, 0.25) is 0 Å². The van der Waals surface area contributed by atoms with E-state index in [0.717, 1.165) is 12.0 Å². The second-order valence-electron chi connectivity index (χ2n) is 4.75. The highest BCUT2D eigenvalue weighted by atomic mass is 16.6. The van der Waals surface area contributed by atoms with Crippen molar-refractivity contribution in [1.29, 1.82) is 0 Å². The summed E-state index contributed by atoms with van der Waals surface area (Å²) in [5, 5.41) is 14.2. The lowest BCUT2D eigenvalue weighted by atomic mass is 10.1. The van der Waals surface area contributed by atoms with Crippen LogP contribution in [0.4, 0.5) is 11.4 Å². The van der Waals surface area contributed by atoms with Gasteiger partial charge in [-0.15, -0.1) is 0 Å². The van der Waals surface area contributed by atoms with Crippen LogP contribution in [0.1, 0.15) is 23.6 Å². The van der Waals surface area contributed by atoms with Crippen LogP contribution in [0.3, 0.4) is 0 Å². The molecule has 0 fully saturated rings.